The van der Waals surface area contributed by atoms with Gasteiger partial charge in [0.2, 0.25) is 11.3 Å². The quantitative estimate of drug-likeness (QED) is 0.635. The van der Waals surface area contributed by atoms with Gasteiger partial charge in [0, 0.05) is 11.8 Å². The molecule has 32 heavy (non-hydrogen) atoms. The van der Waals surface area contributed by atoms with Crippen molar-refractivity contribution in [3.05, 3.63) is 69.5 Å². The molecule has 0 saturated heterocycles. The van der Waals surface area contributed by atoms with Crippen molar-refractivity contribution >= 4 is 5.78 Å². The number of hydrogen-bond donors (Lipinski definition) is 2. The number of fused-ring (bicyclic) bond motifs is 3. The van der Waals surface area contributed by atoms with Crippen molar-refractivity contribution in [2.45, 2.75) is 46.1 Å². The van der Waals surface area contributed by atoms with Crippen LogP contribution in [0.4, 0.5) is 0 Å². The highest BCUT2D eigenvalue weighted by Crippen LogP contribution is 2.51. The number of nitrogens with one attached hydrogen (secondary N) is 1. The normalized spacial score (nSPS) is 29.3. The number of hydrogen-bond acceptors (Lipinski definition) is 4. The van der Waals surface area contributed by atoms with Gasteiger partial charge in [0.15, 0.2) is 5.78 Å². The molecule has 1 saturated carbocycles. The Hall–Kier alpha value is -3.08. The van der Waals surface area contributed by atoms with Crippen molar-refractivity contribution in [3.8, 4) is 22.8 Å². The van der Waals surface area contributed by atoms with Crippen LogP contribution in [0.3, 0.4) is 0 Å². The predicted octanol–water partition coefficient (Wildman–Crippen LogP) is 5.27. The van der Waals surface area contributed by atoms with Gasteiger partial charge in [-0.25, -0.2) is 0 Å². The molecular weight excluding hydrogens is 402 g/mol. The van der Waals surface area contributed by atoms with E-state index >= 15 is 0 Å². The first-order valence-electron chi connectivity index (χ1n) is 11.5. The summed E-state index contributed by atoms with van der Waals surface area (Å²) in [6, 6.07) is 6.42. The Kier molecular flexibility index (Phi) is 5.07. The highest BCUT2D eigenvalue weighted by molar-refractivity contribution is 6.02. The molecule has 2 aromatic rings. The van der Waals surface area contributed by atoms with Gasteiger partial charge in [-0.2, -0.15) is 0 Å². The fraction of sp³-hybridized carbons (Fsp3) is 0.407. The molecule has 2 aliphatic carbocycles. The molecule has 0 spiro atoms. The first-order valence-corrected chi connectivity index (χ1v) is 11.5. The Bertz CT molecular complexity index is 1190. The van der Waals surface area contributed by atoms with Gasteiger partial charge in [0.25, 0.3) is 0 Å². The summed E-state index contributed by atoms with van der Waals surface area (Å²) in [7, 11) is 0. The van der Waals surface area contributed by atoms with Gasteiger partial charge >= 0.3 is 0 Å². The topological polar surface area (TPSA) is 79.4 Å². The molecule has 2 heterocycles. The Balaban J connectivity index is 1.64. The lowest BCUT2D eigenvalue weighted by molar-refractivity contribution is 0.0483. The summed E-state index contributed by atoms with van der Waals surface area (Å²) >= 11 is 0. The predicted molar refractivity (Wildman–Crippen MR) is 124 cm³/mol. The summed E-state index contributed by atoms with van der Waals surface area (Å²) in [6.07, 6.45) is 8.72. The summed E-state index contributed by atoms with van der Waals surface area (Å²) in [6.45, 7) is 6.38. The SMILES string of the molecule is C/C=C/[C@H]1[C@@H]2C(=O)c3c([nH]cc(-c4ccc(O)cc4)c3=O)O[C@@H]2C(C)=C2CC[C@H](C)C[C@@H]21. The lowest BCUT2D eigenvalue weighted by atomic mass is 9.59. The minimum Gasteiger partial charge on any atom is -0.508 e. The summed E-state index contributed by atoms with van der Waals surface area (Å²) in [5.74, 6) is 0.852. The first kappa shape index (κ1) is 20.8. The Labute approximate surface area is 187 Å². The van der Waals surface area contributed by atoms with E-state index < -0.39 is 5.92 Å². The maximum atomic E-state index is 13.9. The minimum atomic E-state index is -0.395. The van der Waals surface area contributed by atoms with Crippen molar-refractivity contribution in [3.63, 3.8) is 0 Å². The third kappa shape index (κ3) is 3.14. The van der Waals surface area contributed by atoms with Gasteiger partial charge in [-0.15, -0.1) is 0 Å². The molecule has 5 atom stereocenters. The van der Waals surface area contributed by atoms with Crippen molar-refractivity contribution < 1.29 is 14.6 Å². The molecule has 1 fully saturated rings. The van der Waals surface area contributed by atoms with Gasteiger partial charge in [-0.1, -0.05) is 36.8 Å². The van der Waals surface area contributed by atoms with E-state index in [1.165, 1.54) is 24.1 Å². The second kappa shape index (κ2) is 7.80. The molecule has 0 unspecified atom stereocenters. The van der Waals surface area contributed by atoms with Crippen LogP contribution in [0.1, 0.15) is 50.4 Å². The van der Waals surface area contributed by atoms with E-state index in [1.54, 1.807) is 18.3 Å². The molecule has 5 rings (SSSR count). The second-order valence-electron chi connectivity index (χ2n) is 9.51. The first-order chi connectivity index (χ1) is 15.4. The number of benzene rings is 1. The number of carbonyl (C=O) groups is 1. The van der Waals surface area contributed by atoms with Gasteiger partial charge in [0.1, 0.15) is 17.4 Å². The van der Waals surface area contributed by atoms with Crippen LogP contribution < -0.4 is 10.2 Å². The van der Waals surface area contributed by atoms with Gasteiger partial charge in [0.05, 0.1) is 5.92 Å². The summed E-state index contributed by atoms with van der Waals surface area (Å²) in [4.78, 5) is 30.4. The molecule has 1 aromatic carbocycles. The number of aromatic nitrogens is 1. The molecule has 0 bridgehead atoms. The number of allylic oxidation sites excluding steroid dienone is 3. The molecule has 0 amide bonds. The van der Waals surface area contributed by atoms with Crippen LogP contribution in [0.15, 0.2) is 58.6 Å². The van der Waals surface area contributed by atoms with Gasteiger partial charge < -0.3 is 14.8 Å². The zero-order valence-electron chi connectivity index (χ0n) is 18.7. The van der Waals surface area contributed by atoms with E-state index in [2.05, 4.69) is 24.9 Å². The Morgan fingerprint density at radius 3 is 2.66 bits per heavy atom. The number of carbonyl (C=O) groups excluding carboxylic acids is 1. The van der Waals surface area contributed by atoms with Crippen molar-refractivity contribution in [2.75, 3.05) is 0 Å². The third-order valence-electron chi connectivity index (χ3n) is 7.58. The van der Waals surface area contributed by atoms with Crippen LogP contribution in [0.25, 0.3) is 11.1 Å². The average Bonchev–Trinajstić information content (AvgIpc) is 2.77. The smallest absolute Gasteiger partial charge is 0.206 e. The summed E-state index contributed by atoms with van der Waals surface area (Å²) < 4.78 is 6.35. The second-order valence-corrected chi connectivity index (χ2v) is 9.51. The van der Waals surface area contributed by atoms with Crippen LogP contribution in [0.5, 0.6) is 11.6 Å². The lowest BCUT2D eigenvalue weighted by Crippen LogP contribution is -2.51. The summed E-state index contributed by atoms with van der Waals surface area (Å²) in [5.41, 5.74) is 3.44. The van der Waals surface area contributed by atoms with E-state index in [0.717, 1.165) is 18.4 Å². The number of ether oxygens (including phenoxy) is 1. The monoisotopic (exact) mass is 431 g/mol. The van der Waals surface area contributed by atoms with E-state index in [-0.39, 0.29) is 40.4 Å². The van der Waals surface area contributed by atoms with E-state index in [0.29, 0.717) is 23.0 Å². The van der Waals surface area contributed by atoms with Crippen LogP contribution in [0.2, 0.25) is 0 Å². The van der Waals surface area contributed by atoms with E-state index in [1.807, 2.05) is 13.0 Å². The van der Waals surface area contributed by atoms with Crippen molar-refractivity contribution in [2.24, 2.45) is 23.7 Å². The number of Topliss-reactive ketones (excluding diaryl/α,β-unsaturated/α-hetero) is 1. The van der Waals surface area contributed by atoms with Gasteiger partial charge in [-0.05, 0) is 74.1 Å². The van der Waals surface area contributed by atoms with E-state index in [9.17, 15) is 14.7 Å². The number of H-pyrrole nitrogens is 1. The zero-order valence-corrected chi connectivity index (χ0v) is 18.7. The van der Waals surface area contributed by atoms with Crippen LogP contribution in [-0.2, 0) is 0 Å². The molecule has 2 N–H and O–H groups in total. The number of aromatic hydroxyl groups is 1. The number of rotatable bonds is 2. The standard InChI is InChI=1S/C27H29NO4/c1-4-5-19-20-12-14(2)6-11-18(20)15(3)26-22(19)25(31)23-24(30)21(13-28-27(23)32-26)16-7-9-17(29)10-8-16/h4-5,7-10,13-14,19-20,22,26,29H,6,11-12H2,1-3H3,(H,28,30)/b5-4+/t14-,19+,20-,22+,26+/m0/s1. The highest BCUT2D eigenvalue weighted by Gasteiger charge is 2.51. The maximum absolute atomic E-state index is 13.9. The molecule has 166 valence electrons. The fourth-order valence-electron chi connectivity index (χ4n) is 5.99. The maximum Gasteiger partial charge on any atom is 0.206 e. The number of pyridine rings is 1. The number of aromatic amines is 1. The van der Waals surface area contributed by atoms with E-state index in [4.69, 9.17) is 4.74 Å². The lowest BCUT2D eigenvalue weighted by Gasteiger charge is -2.47. The molecule has 5 nitrogen and oxygen atoms in total. The Morgan fingerprint density at radius 1 is 1.19 bits per heavy atom. The van der Waals surface area contributed by atoms with Gasteiger partial charge in [-0.3, -0.25) is 9.59 Å². The van der Waals surface area contributed by atoms with Crippen LogP contribution >= 0.6 is 0 Å². The average molecular weight is 432 g/mol. The van der Waals surface area contributed by atoms with Crippen LogP contribution in [-0.4, -0.2) is 22.0 Å². The molecule has 0 radical (unpaired) electrons. The Morgan fingerprint density at radius 2 is 1.94 bits per heavy atom. The fourth-order valence-corrected chi connectivity index (χ4v) is 5.99. The molecule has 1 aromatic heterocycles. The molecule has 1 aliphatic heterocycles. The molecular formula is C27H29NO4. The number of phenolic OH excluding ortho intramolecular Hbond substituents is 1. The van der Waals surface area contributed by atoms with Crippen molar-refractivity contribution in [1.82, 2.24) is 4.98 Å². The van der Waals surface area contributed by atoms with Crippen LogP contribution in [0, 0.1) is 23.7 Å². The summed E-state index contributed by atoms with van der Waals surface area (Å²) in [5, 5.41) is 9.58. The van der Waals surface area contributed by atoms with Crippen molar-refractivity contribution in [1.29, 1.82) is 0 Å². The zero-order chi connectivity index (χ0) is 22.6. The third-order valence-corrected chi connectivity index (χ3v) is 7.58. The minimum absolute atomic E-state index is 0.0313. The number of ketones is 1. The molecule has 5 heteroatoms. The number of phenols is 1. The highest BCUT2D eigenvalue weighted by atomic mass is 16.5. The largest absolute Gasteiger partial charge is 0.508 e. The molecule has 3 aliphatic rings.